The number of carboxylic acid groups (broad SMARTS) is 1. The smallest absolute Gasteiger partial charge is 0.266 e. The van der Waals surface area contributed by atoms with E-state index in [1.165, 1.54) is 16.7 Å². The first-order chi connectivity index (χ1) is 9.49. The second-order valence-corrected chi connectivity index (χ2v) is 6.90. The lowest BCUT2D eigenvalue weighted by atomic mass is 10.2. The number of thiocarbonyl (C=S) groups is 1. The van der Waals surface area contributed by atoms with Crippen LogP contribution in [-0.2, 0) is 9.59 Å². The van der Waals surface area contributed by atoms with Crippen molar-refractivity contribution < 1.29 is 14.7 Å². The van der Waals surface area contributed by atoms with Crippen molar-refractivity contribution in [3.63, 3.8) is 0 Å². The van der Waals surface area contributed by atoms with E-state index >= 15 is 0 Å². The molecule has 4 nitrogen and oxygen atoms in total. The number of carbonyl (C=O) groups excluding carboxylic acids is 2. The molecule has 2 heterocycles. The van der Waals surface area contributed by atoms with E-state index in [0.717, 1.165) is 10.4 Å². The molecule has 1 fully saturated rings. The van der Waals surface area contributed by atoms with Crippen molar-refractivity contribution in [2.24, 2.45) is 0 Å². The molecule has 1 aromatic rings. The van der Waals surface area contributed by atoms with Gasteiger partial charge in [-0.15, -0.1) is 11.3 Å². The molecule has 7 heteroatoms. The fraction of sp³-hybridized carbons (Fsp3) is 0.308. The molecular weight excluding hydrogens is 314 g/mol. The molecule has 0 radical (unpaired) electrons. The van der Waals surface area contributed by atoms with Crippen LogP contribution in [0, 0.1) is 6.92 Å². The Morgan fingerprint density at radius 2 is 2.30 bits per heavy atom. The van der Waals surface area contributed by atoms with Crippen molar-refractivity contribution in [1.82, 2.24) is 4.90 Å². The van der Waals surface area contributed by atoms with Gasteiger partial charge in [-0.1, -0.05) is 24.0 Å². The predicted molar refractivity (Wildman–Crippen MR) is 83.2 cm³/mol. The zero-order chi connectivity index (χ0) is 14.7. The van der Waals surface area contributed by atoms with Crippen molar-refractivity contribution in [3.8, 4) is 0 Å². The lowest BCUT2D eigenvalue weighted by Gasteiger charge is -2.14. The fourth-order valence-electron chi connectivity index (χ4n) is 1.73. The summed E-state index contributed by atoms with van der Waals surface area (Å²) in [6, 6.07) is 2.00. The standard InChI is InChI=1S/C13H13NO3S3/c1-8-4-6-19-9(8)7-10-12(17)14(13(18)20-10)5-2-3-11(15)16/h4,6-7H,2-3,5H2,1H3,(H,15,16)/p-1/b10-7-. The number of aryl methyl sites for hydroxylation is 1. The number of carbonyl (C=O) groups is 2. The van der Waals surface area contributed by atoms with Gasteiger partial charge in [-0.2, -0.15) is 0 Å². The van der Waals surface area contributed by atoms with Gasteiger partial charge in [0.05, 0.1) is 4.91 Å². The van der Waals surface area contributed by atoms with Gasteiger partial charge in [0, 0.05) is 17.4 Å². The molecule has 106 valence electrons. The molecule has 1 aliphatic rings. The summed E-state index contributed by atoms with van der Waals surface area (Å²) in [6.07, 6.45) is 2.12. The maximum absolute atomic E-state index is 12.2. The first-order valence-electron chi connectivity index (χ1n) is 5.98. The molecule has 20 heavy (non-hydrogen) atoms. The van der Waals surface area contributed by atoms with Crippen LogP contribution < -0.4 is 5.11 Å². The minimum atomic E-state index is -1.11. The molecule has 0 bridgehead atoms. The fourth-order valence-corrected chi connectivity index (χ4v) is 3.95. The van der Waals surface area contributed by atoms with Crippen LogP contribution in [0.3, 0.4) is 0 Å². The molecule has 2 rings (SSSR count). The lowest BCUT2D eigenvalue weighted by Crippen LogP contribution is -2.30. The topological polar surface area (TPSA) is 60.4 Å². The van der Waals surface area contributed by atoms with E-state index in [1.54, 1.807) is 11.3 Å². The molecule has 0 atom stereocenters. The summed E-state index contributed by atoms with van der Waals surface area (Å²) < 4.78 is 0.480. The highest BCUT2D eigenvalue weighted by Gasteiger charge is 2.31. The summed E-state index contributed by atoms with van der Waals surface area (Å²) >= 11 is 8.00. The molecule has 0 aliphatic carbocycles. The molecule has 1 aromatic heterocycles. The average Bonchev–Trinajstić information content (AvgIpc) is 2.88. The molecule has 1 saturated heterocycles. The Balaban J connectivity index is 2.07. The van der Waals surface area contributed by atoms with Gasteiger partial charge in [0.2, 0.25) is 0 Å². The monoisotopic (exact) mass is 326 g/mol. The van der Waals surface area contributed by atoms with Crippen LogP contribution in [0.15, 0.2) is 16.4 Å². The normalized spacial score (nSPS) is 17.2. The van der Waals surface area contributed by atoms with Gasteiger partial charge in [-0.3, -0.25) is 9.69 Å². The van der Waals surface area contributed by atoms with Crippen LogP contribution in [0.5, 0.6) is 0 Å². The number of nitrogens with zero attached hydrogens (tertiary/aromatic N) is 1. The van der Waals surface area contributed by atoms with Gasteiger partial charge in [-0.05, 0) is 42.9 Å². The number of hydrogen-bond acceptors (Lipinski definition) is 6. The summed E-state index contributed by atoms with van der Waals surface area (Å²) in [5.41, 5.74) is 1.12. The maximum atomic E-state index is 12.2. The molecular formula is C13H12NO3S3-. The van der Waals surface area contributed by atoms with Gasteiger partial charge in [0.25, 0.3) is 5.91 Å². The van der Waals surface area contributed by atoms with Gasteiger partial charge in [0.1, 0.15) is 4.32 Å². The minimum Gasteiger partial charge on any atom is -0.550 e. The average molecular weight is 326 g/mol. The SMILES string of the molecule is Cc1ccsc1/C=C1\SC(=S)N(CCCC(=O)[O-])C1=O. The van der Waals surface area contributed by atoms with Crippen LogP contribution in [0.2, 0.25) is 0 Å². The number of thioether (sulfide) groups is 1. The van der Waals surface area contributed by atoms with E-state index in [0.29, 0.717) is 22.2 Å². The van der Waals surface area contributed by atoms with Crippen molar-refractivity contribution in [1.29, 1.82) is 0 Å². The molecule has 1 amide bonds. The number of aliphatic carboxylic acids is 1. The maximum Gasteiger partial charge on any atom is 0.266 e. The van der Waals surface area contributed by atoms with Crippen molar-refractivity contribution in [2.45, 2.75) is 19.8 Å². The Bertz CT molecular complexity index is 591. The second-order valence-electron chi connectivity index (χ2n) is 4.28. The third kappa shape index (κ3) is 3.47. The molecule has 1 aliphatic heterocycles. The quantitative estimate of drug-likeness (QED) is 0.610. The van der Waals surface area contributed by atoms with Gasteiger partial charge >= 0.3 is 0 Å². The first-order valence-corrected chi connectivity index (χ1v) is 8.09. The van der Waals surface area contributed by atoms with Crippen molar-refractivity contribution in [2.75, 3.05) is 6.54 Å². The van der Waals surface area contributed by atoms with Gasteiger partial charge in [0.15, 0.2) is 0 Å². The van der Waals surface area contributed by atoms with E-state index in [9.17, 15) is 14.7 Å². The first kappa shape index (κ1) is 15.2. The number of carboxylic acids is 1. The van der Waals surface area contributed by atoms with E-state index in [1.807, 2.05) is 24.4 Å². The molecule has 0 aromatic carbocycles. The van der Waals surface area contributed by atoms with Crippen LogP contribution in [0.25, 0.3) is 6.08 Å². The van der Waals surface area contributed by atoms with Crippen LogP contribution in [-0.4, -0.2) is 27.6 Å². The lowest BCUT2D eigenvalue weighted by molar-refractivity contribution is -0.305. The van der Waals surface area contributed by atoms with Crippen LogP contribution in [0.1, 0.15) is 23.3 Å². The highest BCUT2D eigenvalue weighted by atomic mass is 32.2. The zero-order valence-electron chi connectivity index (χ0n) is 10.8. The largest absolute Gasteiger partial charge is 0.550 e. The highest BCUT2D eigenvalue weighted by molar-refractivity contribution is 8.26. The Morgan fingerprint density at radius 3 is 2.90 bits per heavy atom. The Morgan fingerprint density at radius 1 is 1.55 bits per heavy atom. The molecule has 0 saturated carbocycles. The third-order valence-electron chi connectivity index (χ3n) is 2.80. The van der Waals surface area contributed by atoms with Crippen molar-refractivity contribution >= 4 is 57.6 Å². The van der Waals surface area contributed by atoms with Crippen molar-refractivity contribution in [3.05, 3.63) is 26.8 Å². The van der Waals surface area contributed by atoms with Crippen LogP contribution in [0.4, 0.5) is 0 Å². The van der Waals surface area contributed by atoms with Gasteiger partial charge < -0.3 is 9.90 Å². The third-order valence-corrected chi connectivity index (χ3v) is 5.14. The predicted octanol–water partition coefficient (Wildman–Crippen LogP) is 1.79. The Hall–Kier alpha value is -1.18. The van der Waals surface area contributed by atoms with Gasteiger partial charge in [-0.25, -0.2) is 0 Å². The molecule has 0 unspecified atom stereocenters. The van der Waals surface area contributed by atoms with Crippen LogP contribution >= 0.6 is 35.3 Å². The van der Waals surface area contributed by atoms with E-state index in [4.69, 9.17) is 12.2 Å². The Kier molecular flexibility index (Phi) is 4.95. The number of hydrogen-bond donors (Lipinski definition) is 0. The van der Waals surface area contributed by atoms with E-state index < -0.39 is 5.97 Å². The molecule has 0 spiro atoms. The zero-order valence-corrected chi connectivity index (χ0v) is 13.2. The summed E-state index contributed by atoms with van der Waals surface area (Å²) in [4.78, 5) is 25.7. The minimum absolute atomic E-state index is 0.0693. The highest BCUT2D eigenvalue weighted by Crippen LogP contribution is 2.34. The second kappa shape index (κ2) is 6.51. The number of rotatable bonds is 5. The van der Waals surface area contributed by atoms with E-state index in [2.05, 4.69) is 0 Å². The summed E-state index contributed by atoms with van der Waals surface area (Å²) in [5, 5.41) is 12.4. The number of amides is 1. The summed E-state index contributed by atoms with van der Waals surface area (Å²) in [6.45, 7) is 2.31. The Labute approximate surface area is 130 Å². The summed E-state index contributed by atoms with van der Waals surface area (Å²) in [7, 11) is 0. The number of thiophene rings is 1. The van der Waals surface area contributed by atoms with E-state index in [-0.39, 0.29) is 12.3 Å². The summed E-state index contributed by atoms with van der Waals surface area (Å²) in [5.74, 6) is -1.26. The molecule has 0 N–H and O–H groups in total.